The van der Waals surface area contributed by atoms with Crippen LogP contribution in [0.3, 0.4) is 0 Å². The SMILES string of the molecule is N=CN=C(Cl)c1cnc(-c2ccccc2)[nH]1. The van der Waals surface area contributed by atoms with Crippen LogP contribution in [-0.2, 0) is 0 Å². The van der Waals surface area contributed by atoms with Crippen LogP contribution in [-0.4, -0.2) is 21.5 Å². The van der Waals surface area contributed by atoms with Crippen LogP contribution in [0.2, 0.25) is 0 Å². The number of nitrogens with zero attached hydrogens (tertiary/aromatic N) is 2. The molecule has 0 atom stereocenters. The van der Waals surface area contributed by atoms with E-state index < -0.39 is 0 Å². The zero-order valence-corrected chi connectivity index (χ0v) is 9.07. The summed E-state index contributed by atoms with van der Waals surface area (Å²) in [7, 11) is 0. The van der Waals surface area contributed by atoms with Gasteiger partial charge in [0, 0.05) is 5.56 Å². The quantitative estimate of drug-likeness (QED) is 0.620. The molecule has 2 aromatic rings. The molecule has 80 valence electrons. The summed E-state index contributed by atoms with van der Waals surface area (Å²) in [4.78, 5) is 10.9. The second-order valence-electron chi connectivity index (χ2n) is 3.06. The minimum Gasteiger partial charge on any atom is -0.336 e. The van der Waals surface area contributed by atoms with Gasteiger partial charge in [0.2, 0.25) is 0 Å². The fourth-order valence-electron chi connectivity index (χ4n) is 1.29. The van der Waals surface area contributed by atoms with Crippen molar-refractivity contribution in [3.63, 3.8) is 0 Å². The Morgan fingerprint density at radius 3 is 2.81 bits per heavy atom. The van der Waals surface area contributed by atoms with E-state index >= 15 is 0 Å². The Hall–Kier alpha value is -1.94. The lowest BCUT2D eigenvalue weighted by Gasteiger charge is -1.94. The summed E-state index contributed by atoms with van der Waals surface area (Å²) in [6, 6.07) is 9.71. The highest BCUT2D eigenvalue weighted by molar-refractivity contribution is 6.69. The number of hydrogen-bond donors (Lipinski definition) is 2. The first-order valence-corrected chi connectivity index (χ1v) is 5.02. The molecule has 0 spiro atoms. The number of hydrogen-bond acceptors (Lipinski definition) is 2. The van der Waals surface area contributed by atoms with Crippen molar-refractivity contribution in [2.45, 2.75) is 0 Å². The molecular weight excluding hydrogens is 224 g/mol. The Bertz CT molecular complexity index is 516. The summed E-state index contributed by atoms with van der Waals surface area (Å²) in [6.45, 7) is 0. The average molecular weight is 233 g/mol. The summed E-state index contributed by atoms with van der Waals surface area (Å²) in [5.41, 5.74) is 1.58. The van der Waals surface area contributed by atoms with Crippen LogP contribution in [0, 0.1) is 5.41 Å². The molecule has 0 radical (unpaired) electrons. The van der Waals surface area contributed by atoms with Gasteiger partial charge in [0.05, 0.1) is 11.9 Å². The third-order valence-electron chi connectivity index (χ3n) is 2.02. The molecule has 2 rings (SSSR count). The minimum absolute atomic E-state index is 0.227. The van der Waals surface area contributed by atoms with E-state index in [4.69, 9.17) is 17.0 Å². The van der Waals surface area contributed by atoms with Crippen LogP contribution in [0.5, 0.6) is 0 Å². The smallest absolute Gasteiger partial charge is 0.155 e. The van der Waals surface area contributed by atoms with Gasteiger partial charge in [-0.2, -0.15) is 0 Å². The summed E-state index contributed by atoms with van der Waals surface area (Å²) >= 11 is 5.83. The molecule has 16 heavy (non-hydrogen) atoms. The molecule has 2 N–H and O–H groups in total. The maximum atomic E-state index is 6.82. The number of aromatic amines is 1. The second kappa shape index (κ2) is 4.72. The number of halogens is 1. The molecular formula is C11H9ClN4. The Balaban J connectivity index is 2.34. The first kappa shape index (κ1) is 10.6. The number of rotatable bonds is 3. The summed E-state index contributed by atoms with van der Waals surface area (Å²) in [6.07, 6.45) is 2.49. The van der Waals surface area contributed by atoms with Crippen molar-refractivity contribution in [1.82, 2.24) is 9.97 Å². The zero-order chi connectivity index (χ0) is 11.4. The van der Waals surface area contributed by atoms with Gasteiger partial charge in [0.15, 0.2) is 5.17 Å². The maximum absolute atomic E-state index is 6.82. The second-order valence-corrected chi connectivity index (χ2v) is 3.42. The summed E-state index contributed by atoms with van der Waals surface area (Å²) in [5, 5.41) is 7.05. The van der Waals surface area contributed by atoms with E-state index in [-0.39, 0.29) is 5.17 Å². The highest BCUT2D eigenvalue weighted by atomic mass is 35.5. The predicted molar refractivity (Wildman–Crippen MR) is 65.2 cm³/mol. The molecule has 4 nitrogen and oxygen atoms in total. The first-order chi connectivity index (χ1) is 7.81. The molecule has 0 bridgehead atoms. The van der Waals surface area contributed by atoms with Gasteiger partial charge in [-0.1, -0.05) is 41.9 Å². The van der Waals surface area contributed by atoms with E-state index in [0.29, 0.717) is 5.69 Å². The van der Waals surface area contributed by atoms with Gasteiger partial charge in [0.25, 0.3) is 0 Å². The first-order valence-electron chi connectivity index (χ1n) is 4.64. The largest absolute Gasteiger partial charge is 0.336 e. The molecule has 5 heteroatoms. The Kier molecular flexibility index (Phi) is 3.12. The molecule has 0 unspecified atom stereocenters. The molecule has 1 aromatic carbocycles. The Morgan fingerprint density at radius 1 is 1.38 bits per heavy atom. The molecule has 0 amide bonds. The van der Waals surface area contributed by atoms with E-state index in [0.717, 1.165) is 17.7 Å². The third kappa shape index (κ3) is 2.17. The molecule has 0 aliphatic heterocycles. The molecule has 1 aromatic heterocycles. The highest BCUT2D eigenvalue weighted by Gasteiger charge is 2.05. The third-order valence-corrected chi connectivity index (χ3v) is 2.32. The van der Waals surface area contributed by atoms with Gasteiger partial charge < -0.3 is 4.98 Å². The normalized spacial score (nSPS) is 11.4. The zero-order valence-electron chi connectivity index (χ0n) is 8.31. The van der Waals surface area contributed by atoms with Crippen molar-refractivity contribution in [3.8, 4) is 11.4 Å². The molecule has 1 heterocycles. The van der Waals surface area contributed by atoms with Gasteiger partial charge >= 0.3 is 0 Å². The van der Waals surface area contributed by atoms with E-state index in [2.05, 4.69) is 15.0 Å². The van der Waals surface area contributed by atoms with Gasteiger partial charge in [-0.3, -0.25) is 5.41 Å². The topological polar surface area (TPSA) is 64.9 Å². The number of imidazole rings is 1. The number of nitrogens with one attached hydrogen (secondary N) is 2. The fraction of sp³-hybridized carbons (Fsp3) is 0. The van der Waals surface area contributed by atoms with E-state index in [1.807, 2.05) is 30.3 Å². The van der Waals surface area contributed by atoms with Crippen LogP contribution >= 0.6 is 11.6 Å². The molecule has 0 aliphatic carbocycles. The molecule has 0 saturated heterocycles. The number of benzene rings is 1. The minimum atomic E-state index is 0.227. The van der Waals surface area contributed by atoms with Gasteiger partial charge in [-0.05, 0) is 0 Å². The maximum Gasteiger partial charge on any atom is 0.155 e. The predicted octanol–water partition coefficient (Wildman–Crippen LogP) is 2.67. The standard InChI is InChI=1S/C11H9ClN4/c12-10(15-7-13)9-6-14-11(16-9)8-4-2-1-3-5-8/h1-7,13H,(H,14,16). The summed E-state index contributed by atoms with van der Waals surface area (Å²) in [5.74, 6) is 0.730. The lowest BCUT2D eigenvalue weighted by atomic mass is 10.2. The lowest BCUT2D eigenvalue weighted by molar-refractivity contribution is 1.30. The number of aliphatic imine (C=N–C) groups is 1. The van der Waals surface area contributed by atoms with Crippen molar-refractivity contribution in [2.75, 3.05) is 0 Å². The molecule has 0 fully saturated rings. The number of aromatic nitrogens is 2. The molecule has 0 saturated carbocycles. The lowest BCUT2D eigenvalue weighted by Crippen LogP contribution is -1.91. The Labute approximate surface area is 97.5 Å². The monoisotopic (exact) mass is 232 g/mol. The van der Waals surface area contributed by atoms with Crippen LogP contribution in [0.4, 0.5) is 0 Å². The van der Waals surface area contributed by atoms with Crippen molar-refractivity contribution in [2.24, 2.45) is 4.99 Å². The molecule has 0 aliphatic rings. The average Bonchev–Trinajstić information content (AvgIpc) is 2.80. The number of H-pyrrole nitrogens is 1. The van der Waals surface area contributed by atoms with Gasteiger partial charge in [-0.15, -0.1) is 0 Å². The van der Waals surface area contributed by atoms with Crippen LogP contribution in [0.15, 0.2) is 41.5 Å². The van der Waals surface area contributed by atoms with Crippen molar-refractivity contribution >= 4 is 23.1 Å². The van der Waals surface area contributed by atoms with Crippen LogP contribution in [0.1, 0.15) is 5.69 Å². The van der Waals surface area contributed by atoms with Crippen LogP contribution < -0.4 is 0 Å². The van der Waals surface area contributed by atoms with E-state index in [1.54, 1.807) is 6.20 Å². The summed E-state index contributed by atoms with van der Waals surface area (Å²) < 4.78 is 0. The highest BCUT2D eigenvalue weighted by Crippen LogP contribution is 2.15. The van der Waals surface area contributed by atoms with Crippen molar-refractivity contribution in [3.05, 3.63) is 42.2 Å². The van der Waals surface area contributed by atoms with Gasteiger partial charge in [0.1, 0.15) is 12.2 Å². The van der Waals surface area contributed by atoms with Crippen LogP contribution in [0.25, 0.3) is 11.4 Å². The van der Waals surface area contributed by atoms with Crippen molar-refractivity contribution < 1.29 is 0 Å². The fourth-order valence-corrected chi connectivity index (χ4v) is 1.44. The van der Waals surface area contributed by atoms with Crippen molar-refractivity contribution in [1.29, 1.82) is 5.41 Å². The van der Waals surface area contributed by atoms with E-state index in [1.165, 1.54) is 0 Å². The van der Waals surface area contributed by atoms with Gasteiger partial charge in [-0.25, -0.2) is 9.98 Å². The van der Waals surface area contributed by atoms with E-state index in [9.17, 15) is 0 Å². The Morgan fingerprint density at radius 2 is 2.12 bits per heavy atom.